The zero-order valence-corrected chi connectivity index (χ0v) is 10.8. The maximum absolute atomic E-state index is 6.11. The number of halogens is 2. The zero-order chi connectivity index (χ0) is 12.4. The summed E-state index contributed by atoms with van der Waals surface area (Å²) in [4.78, 5) is 0. The van der Waals surface area contributed by atoms with E-state index in [0.717, 1.165) is 22.6 Å². The van der Waals surface area contributed by atoms with Crippen LogP contribution < -0.4 is 11.1 Å². The van der Waals surface area contributed by atoms with Crippen molar-refractivity contribution in [3.63, 3.8) is 0 Å². The van der Waals surface area contributed by atoms with Crippen molar-refractivity contribution in [3.8, 4) is 0 Å². The number of rotatable bonds is 2. The minimum atomic E-state index is 0.519. The number of anilines is 3. The van der Waals surface area contributed by atoms with E-state index >= 15 is 0 Å². The molecule has 0 spiro atoms. The zero-order valence-electron chi connectivity index (χ0n) is 9.30. The van der Waals surface area contributed by atoms with Crippen LogP contribution in [0.15, 0.2) is 36.4 Å². The first-order valence-corrected chi connectivity index (χ1v) is 5.90. The van der Waals surface area contributed by atoms with Gasteiger partial charge in [-0.25, -0.2) is 0 Å². The Hall–Kier alpha value is -1.38. The SMILES string of the molecule is Cc1cc(N)ccc1Nc1cccc(Cl)c1Cl. The van der Waals surface area contributed by atoms with E-state index in [-0.39, 0.29) is 0 Å². The highest BCUT2D eigenvalue weighted by Crippen LogP contribution is 2.32. The average Bonchev–Trinajstić information content (AvgIpc) is 2.28. The summed E-state index contributed by atoms with van der Waals surface area (Å²) in [5, 5.41) is 4.29. The Kier molecular flexibility index (Phi) is 3.46. The Morgan fingerprint density at radius 1 is 1.06 bits per heavy atom. The second-order valence-corrected chi connectivity index (χ2v) is 4.59. The fourth-order valence-electron chi connectivity index (χ4n) is 1.57. The van der Waals surface area contributed by atoms with E-state index in [1.54, 1.807) is 6.07 Å². The fourth-order valence-corrected chi connectivity index (χ4v) is 1.92. The van der Waals surface area contributed by atoms with Crippen LogP contribution in [0.1, 0.15) is 5.56 Å². The summed E-state index contributed by atoms with van der Waals surface area (Å²) in [5.41, 5.74) is 9.24. The largest absolute Gasteiger partial charge is 0.399 e. The monoisotopic (exact) mass is 266 g/mol. The van der Waals surface area contributed by atoms with E-state index in [0.29, 0.717) is 10.0 Å². The van der Waals surface area contributed by atoms with Gasteiger partial charge in [-0.15, -0.1) is 0 Å². The van der Waals surface area contributed by atoms with Crippen LogP contribution in [-0.4, -0.2) is 0 Å². The topological polar surface area (TPSA) is 38.0 Å². The van der Waals surface area contributed by atoms with Crippen molar-refractivity contribution in [2.24, 2.45) is 0 Å². The van der Waals surface area contributed by atoms with Crippen LogP contribution in [0.4, 0.5) is 17.1 Å². The smallest absolute Gasteiger partial charge is 0.0827 e. The first-order chi connectivity index (χ1) is 8.08. The molecule has 0 atom stereocenters. The van der Waals surface area contributed by atoms with Crippen molar-refractivity contribution < 1.29 is 0 Å². The summed E-state index contributed by atoms with van der Waals surface area (Å²) in [5.74, 6) is 0. The predicted octanol–water partition coefficient (Wildman–Crippen LogP) is 4.63. The van der Waals surface area contributed by atoms with E-state index in [1.807, 2.05) is 37.3 Å². The number of nitrogen functional groups attached to an aromatic ring is 1. The fraction of sp³-hybridized carbons (Fsp3) is 0.0769. The minimum absolute atomic E-state index is 0.519. The molecule has 0 heterocycles. The standard InChI is InChI=1S/C13H12Cl2N2/c1-8-7-9(16)5-6-11(8)17-12-4-2-3-10(14)13(12)15/h2-7,17H,16H2,1H3. The van der Waals surface area contributed by atoms with Gasteiger partial charge in [0.05, 0.1) is 15.7 Å². The van der Waals surface area contributed by atoms with E-state index in [1.165, 1.54) is 0 Å². The van der Waals surface area contributed by atoms with Gasteiger partial charge in [-0.05, 0) is 42.8 Å². The molecule has 0 amide bonds. The van der Waals surface area contributed by atoms with Gasteiger partial charge in [-0.2, -0.15) is 0 Å². The van der Waals surface area contributed by atoms with Crippen LogP contribution >= 0.6 is 23.2 Å². The lowest BCUT2D eigenvalue weighted by Crippen LogP contribution is -1.95. The van der Waals surface area contributed by atoms with E-state index in [2.05, 4.69) is 5.32 Å². The number of hydrogen-bond acceptors (Lipinski definition) is 2. The van der Waals surface area contributed by atoms with Crippen molar-refractivity contribution in [2.75, 3.05) is 11.1 Å². The molecule has 0 aliphatic rings. The molecule has 0 fully saturated rings. The molecule has 0 aliphatic carbocycles. The normalized spacial score (nSPS) is 10.3. The molecule has 0 aliphatic heterocycles. The molecular weight excluding hydrogens is 255 g/mol. The van der Waals surface area contributed by atoms with E-state index in [9.17, 15) is 0 Å². The molecule has 17 heavy (non-hydrogen) atoms. The highest BCUT2D eigenvalue weighted by molar-refractivity contribution is 6.43. The molecule has 0 saturated heterocycles. The Morgan fingerprint density at radius 2 is 1.82 bits per heavy atom. The van der Waals surface area contributed by atoms with Crippen LogP contribution in [0.5, 0.6) is 0 Å². The molecule has 0 aromatic heterocycles. The summed E-state index contributed by atoms with van der Waals surface area (Å²) in [6.07, 6.45) is 0. The molecule has 0 bridgehead atoms. The lowest BCUT2D eigenvalue weighted by Gasteiger charge is -2.12. The predicted molar refractivity (Wildman–Crippen MR) is 75.3 cm³/mol. The Balaban J connectivity index is 2.35. The number of benzene rings is 2. The van der Waals surface area contributed by atoms with Gasteiger partial charge in [0.15, 0.2) is 0 Å². The third-order valence-corrected chi connectivity index (χ3v) is 3.29. The molecule has 3 N–H and O–H groups in total. The van der Waals surface area contributed by atoms with Crippen molar-refractivity contribution >= 4 is 40.3 Å². The van der Waals surface area contributed by atoms with Crippen LogP contribution in [0.2, 0.25) is 10.0 Å². The number of aryl methyl sites for hydroxylation is 1. The molecular formula is C13H12Cl2N2. The van der Waals surface area contributed by atoms with Crippen molar-refractivity contribution in [3.05, 3.63) is 52.0 Å². The quantitative estimate of drug-likeness (QED) is 0.778. The summed E-state index contributed by atoms with van der Waals surface area (Å²) < 4.78 is 0. The molecule has 2 nitrogen and oxygen atoms in total. The second kappa shape index (κ2) is 4.86. The molecule has 4 heteroatoms. The van der Waals surface area contributed by atoms with Gasteiger partial charge in [0.25, 0.3) is 0 Å². The lowest BCUT2D eigenvalue weighted by molar-refractivity contribution is 1.43. The molecule has 2 rings (SSSR count). The molecule has 0 radical (unpaired) electrons. The van der Waals surface area contributed by atoms with Crippen LogP contribution in [0.3, 0.4) is 0 Å². The highest BCUT2D eigenvalue weighted by atomic mass is 35.5. The summed E-state index contributed by atoms with van der Waals surface area (Å²) in [6, 6.07) is 11.1. The number of nitrogens with two attached hydrogens (primary N) is 1. The maximum atomic E-state index is 6.11. The first-order valence-electron chi connectivity index (χ1n) is 5.15. The van der Waals surface area contributed by atoms with Gasteiger partial charge in [0, 0.05) is 11.4 Å². The third-order valence-electron chi connectivity index (χ3n) is 2.47. The average molecular weight is 267 g/mol. The molecule has 2 aromatic carbocycles. The third kappa shape index (κ3) is 2.65. The summed E-state index contributed by atoms with van der Waals surface area (Å²) in [7, 11) is 0. The van der Waals surface area contributed by atoms with Gasteiger partial charge >= 0.3 is 0 Å². The summed E-state index contributed by atoms with van der Waals surface area (Å²) in [6.45, 7) is 1.98. The van der Waals surface area contributed by atoms with Crippen molar-refractivity contribution in [1.29, 1.82) is 0 Å². The minimum Gasteiger partial charge on any atom is -0.399 e. The van der Waals surface area contributed by atoms with Crippen molar-refractivity contribution in [2.45, 2.75) is 6.92 Å². The highest BCUT2D eigenvalue weighted by Gasteiger charge is 2.05. The first kappa shape index (κ1) is 12.1. The van der Waals surface area contributed by atoms with Gasteiger partial charge in [0.2, 0.25) is 0 Å². The lowest BCUT2D eigenvalue weighted by atomic mass is 10.1. The van der Waals surface area contributed by atoms with Gasteiger partial charge in [0.1, 0.15) is 0 Å². The van der Waals surface area contributed by atoms with Gasteiger partial charge < -0.3 is 11.1 Å². The summed E-state index contributed by atoms with van der Waals surface area (Å²) >= 11 is 12.1. The Bertz CT molecular complexity index is 553. The van der Waals surface area contributed by atoms with Crippen molar-refractivity contribution in [1.82, 2.24) is 0 Å². The second-order valence-electron chi connectivity index (χ2n) is 3.80. The van der Waals surface area contributed by atoms with Gasteiger partial charge in [-0.1, -0.05) is 29.3 Å². The Morgan fingerprint density at radius 3 is 2.53 bits per heavy atom. The molecule has 0 saturated carbocycles. The maximum Gasteiger partial charge on any atom is 0.0827 e. The number of hydrogen-bond donors (Lipinski definition) is 2. The van der Waals surface area contributed by atoms with Crippen LogP contribution in [-0.2, 0) is 0 Å². The molecule has 88 valence electrons. The molecule has 2 aromatic rings. The van der Waals surface area contributed by atoms with E-state index in [4.69, 9.17) is 28.9 Å². The van der Waals surface area contributed by atoms with Crippen LogP contribution in [0, 0.1) is 6.92 Å². The Labute approximate surface area is 110 Å². The van der Waals surface area contributed by atoms with Crippen LogP contribution in [0.25, 0.3) is 0 Å². The van der Waals surface area contributed by atoms with Gasteiger partial charge in [-0.3, -0.25) is 0 Å². The van der Waals surface area contributed by atoms with E-state index < -0.39 is 0 Å². The number of nitrogens with one attached hydrogen (secondary N) is 1. The molecule has 0 unspecified atom stereocenters.